The van der Waals surface area contributed by atoms with Crippen molar-refractivity contribution >= 4 is 28.7 Å². The number of amides is 1. The minimum absolute atomic E-state index is 0.0241. The Labute approximate surface area is 464 Å². The van der Waals surface area contributed by atoms with E-state index in [9.17, 15) is 4.79 Å². The predicted octanol–water partition coefficient (Wildman–Crippen LogP) is 10.8. The van der Waals surface area contributed by atoms with Crippen LogP contribution in [0.4, 0.5) is 5.69 Å². The van der Waals surface area contributed by atoms with Gasteiger partial charge in [0.1, 0.15) is 0 Å². The third kappa shape index (κ3) is 11.3. The van der Waals surface area contributed by atoms with E-state index in [2.05, 4.69) is 114 Å². The summed E-state index contributed by atoms with van der Waals surface area (Å²) in [7, 11) is 0. The van der Waals surface area contributed by atoms with Crippen molar-refractivity contribution in [3.05, 3.63) is 58.4 Å². The van der Waals surface area contributed by atoms with Gasteiger partial charge >= 0.3 is 5.97 Å². The van der Waals surface area contributed by atoms with Gasteiger partial charge in [-0.25, -0.2) is 5.01 Å². The third-order valence-electron chi connectivity index (χ3n) is 21.0. The number of fused-ring (bicyclic) bond motifs is 2. The number of rotatable bonds is 21. The standard InChI is InChI=1S/C65H100N8O4/c1-9-27-69(51-22-23-53-52(10-2)59(56(54(53)32-51)34-63(7,8)41-77-46(6)74)55-31-48(35-66-60(55)44(3)4)47-18-12-11-13-19-47)30-24-58(71-38-64(39-71)42-76-43-64)57(37-72-28-15-14-26-67-72)68-62(75)61-45(5)49-33-65(25-17-29-73(61)65)40-70(36-49)50-20-16-21-50/h22-23,31-32,35,44-45,47,49-50,52,57-58,61,67H,9-21,24-30,33-34,36-43H2,1-8H3,(H,68,75)/t45?,49?,52?,57-,58-,61+,65-/m1/s1. The highest BCUT2D eigenvalue weighted by Gasteiger charge is 2.59. The molecule has 9 aliphatic rings. The SMILES string of the molecule is CCCN(CC[C@H]([C@@H](CN1CCCCN1)NC(=O)[C@@H]1C(C)C2CN(C3CCC3)C[C@@]3(CCCN13)C2)N1CC2(COC2)C1)c1ccc2c(c1)C(CC(C)(C)COC(C)=O)=C(c1cc(C3CCCCC3)cnc1C(C)C)C2CC. The van der Waals surface area contributed by atoms with Crippen molar-refractivity contribution in [3.8, 4) is 0 Å². The lowest BCUT2D eigenvalue weighted by Crippen LogP contribution is -2.74. The summed E-state index contributed by atoms with van der Waals surface area (Å²) in [6.45, 7) is 30.0. The number of nitrogens with zero attached hydrogens (tertiary/aromatic N) is 6. The Bertz CT molecular complexity index is 2430. The van der Waals surface area contributed by atoms with E-state index in [0.717, 1.165) is 110 Å². The van der Waals surface area contributed by atoms with Crippen molar-refractivity contribution < 1.29 is 19.1 Å². The number of allylic oxidation sites excluding steroid dienone is 2. The molecule has 3 unspecified atom stereocenters. The second kappa shape index (κ2) is 23.2. The van der Waals surface area contributed by atoms with Crippen LogP contribution >= 0.6 is 0 Å². The zero-order valence-corrected chi connectivity index (χ0v) is 49.1. The lowest BCUT2D eigenvalue weighted by molar-refractivity contribution is -0.201. The summed E-state index contributed by atoms with van der Waals surface area (Å²) >= 11 is 0. The summed E-state index contributed by atoms with van der Waals surface area (Å²) in [5.41, 5.74) is 14.7. The Kier molecular flexibility index (Phi) is 16.7. The minimum Gasteiger partial charge on any atom is -0.465 e. The number of aromatic nitrogens is 1. The first-order valence-electron chi connectivity index (χ1n) is 31.5. The maximum Gasteiger partial charge on any atom is 0.302 e. The molecule has 1 amide bonds. The van der Waals surface area contributed by atoms with Gasteiger partial charge in [-0.3, -0.25) is 34.7 Å². The first kappa shape index (κ1) is 55.5. The van der Waals surface area contributed by atoms with E-state index < -0.39 is 0 Å². The molecule has 6 aliphatic heterocycles. The van der Waals surface area contributed by atoms with Crippen LogP contribution in [0.3, 0.4) is 0 Å². The highest BCUT2D eigenvalue weighted by Crippen LogP contribution is 2.55. The first-order valence-corrected chi connectivity index (χ1v) is 31.5. The number of esters is 1. The minimum atomic E-state index is -0.284. The molecular formula is C65H100N8O4. The largest absolute Gasteiger partial charge is 0.465 e. The molecule has 77 heavy (non-hydrogen) atoms. The van der Waals surface area contributed by atoms with E-state index in [1.165, 1.54) is 135 Å². The van der Waals surface area contributed by atoms with E-state index >= 15 is 4.79 Å². The number of carbonyl (C=O) groups is 2. The van der Waals surface area contributed by atoms with Crippen LogP contribution in [0.15, 0.2) is 30.5 Å². The van der Waals surface area contributed by atoms with Gasteiger partial charge in [0.15, 0.2) is 0 Å². The molecular weight excluding hydrogens is 957 g/mol. The van der Waals surface area contributed by atoms with Crippen molar-refractivity contribution in [2.45, 2.75) is 212 Å². The topological polar surface area (TPSA) is 106 Å². The highest BCUT2D eigenvalue weighted by atomic mass is 16.5. The Morgan fingerprint density at radius 1 is 0.961 bits per heavy atom. The third-order valence-corrected chi connectivity index (χ3v) is 21.0. The lowest BCUT2D eigenvalue weighted by Gasteiger charge is -2.60. The molecule has 3 aliphatic carbocycles. The predicted molar refractivity (Wildman–Crippen MR) is 311 cm³/mol. The molecule has 6 saturated heterocycles. The number of carbonyl (C=O) groups excluding carboxylic acids is 2. The highest BCUT2D eigenvalue weighted by molar-refractivity contribution is 6.01. The van der Waals surface area contributed by atoms with Gasteiger partial charge in [-0.2, -0.15) is 0 Å². The summed E-state index contributed by atoms with van der Waals surface area (Å²) in [5, 5.41) is 6.41. The van der Waals surface area contributed by atoms with Gasteiger partial charge in [-0.1, -0.05) is 80.2 Å². The fourth-order valence-corrected chi connectivity index (χ4v) is 16.7. The van der Waals surface area contributed by atoms with E-state index in [0.29, 0.717) is 24.4 Å². The second-order valence-electron chi connectivity index (χ2n) is 27.7. The average Bonchev–Trinajstić information content (AvgIpc) is 4.01. The van der Waals surface area contributed by atoms with Crippen molar-refractivity contribution in [1.29, 1.82) is 0 Å². The van der Waals surface area contributed by atoms with Crippen molar-refractivity contribution in [1.82, 2.24) is 35.4 Å². The lowest BCUT2D eigenvalue weighted by atomic mass is 9.67. The van der Waals surface area contributed by atoms with Crippen LogP contribution in [-0.2, 0) is 19.1 Å². The normalized spacial score (nSPS) is 28.9. The molecule has 2 saturated carbocycles. The van der Waals surface area contributed by atoms with Crippen LogP contribution < -0.4 is 15.6 Å². The summed E-state index contributed by atoms with van der Waals surface area (Å²) in [4.78, 5) is 44.3. The van der Waals surface area contributed by atoms with Crippen molar-refractivity contribution in [2.24, 2.45) is 22.7 Å². The fraction of sp³-hybridized carbons (Fsp3) is 0.769. The number of benzene rings is 1. The number of nitrogens with one attached hydrogen (secondary N) is 2. The molecule has 2 spiro atoms. The maximum atomic E-state index is 15.6. The summed E-state index contributed by atoms with van der Waals surface area (Å²) in [5.74, 6) is 2.03. The van der Waals surface area contributed by atoms with E-state index in [4.69, 9.17) is 14.5 Å². The maximum absolute atomic E-state index is 15.6. The zero-order chi connectivity index (χ0) is 53.6. The number of likely N-dealkylation sites (tertiary alicyclic amines) is 2. The number of hydrogen-bond donors (Lipinski definition) is 2. The van der Waals surface area contributed by atoms with Gasteiger partial charge in [-0.15, -0.1) is 0 Å². The van der Waals surface area contributed by atoms with E-state index in [1.807, 2.05) is 0 Å². The number of hydrazine groups is 1. The Morgan fingerprint density at radius 3 is 2.44 bits per heavy atom. The van der Waals surface area contributed by atoms with Crippen LogP contribution in [0, 0.1) is 22.7 Å². The Balaban J connectivity index is 0.921. The van der Waals surface area contributed by atoms with Crippen LogP contribution in [-0.4, -0.2) is 152 Å². The monoisotopic (exact) mass is 1060 g/mol. The molecule has 11 rings (SSSR count). The van der Waals surface area contributed by atoms with Crippen LogP contribution in [0.2, 0.25) is 0 Å². The molecule has 12 nitrogen and oxygen atoms in total. The first-order chi connectivity index (χ1) is 37.2. The number of hydrogen-bond acceptors (Lipinski definition) is 11. The zero-order valence-electron chi connectivity index (χ0n) is 49.1. The molecule has 7 atom stereocenters. The molecule has 1 aromatic heterocycles. The molecule has 2 N–H and O–H groups in total. The van der Waals surface area contributed by atoms with Gasteiger partial charge in [0.2, 0.25) is 5.91 Å². The van der Waals surface area contributed by atoms with Gasteiger partial charge in [0, 0.05) is 118 Å². The molecule has 12 heteroatoms. The summed E-state index contributed by atoms with van der Waals surface area (Å²) in [6, 6.07) is 10.8. The average molecular weight is 1060 g/mol. The Morgan fingerprint density at radius 2 is 1.77 bits per heavy atom. The molecule has 2 bridgehead atoms. The Hall–Kier alpha value is -3.39. The number of anilines is 1. The van der Waals surface area contributed by atoms with Crippen molar-refractivity contribution in [3.63, 3.8) is 0 Å². The molecule has 8 fully saturated rings. The van der Waals surface area contributed by atoms with E-state index in [-0.39, 0.29) is 58.2 Å². The van der Waals surface area contributed by atoms with Crippen LogP contribution in [0.1, 0.15) is 210 Å². The van der Waals surface area contributed by atoms with Crippen molar-refractivity contribution in [2.75, 3.05) is 90.2 Å². The molecule has 424 valence electrons. The number of pyridine rings is 1. The second-order valence-corrected chi connectivity index (χ2v) is 27.7. The number of ether oxygens (including phenoxy) is 2. The van der Waals surface area contributed by atoms with Gasteiger partial charge in [0.05, 0.1) is 37.6 Å². The molecule has 2 aromatic rings. The van der Waals surface area contributed by atoms with Crippen LogP contribution in [0.25, 0.3) is 11.1 Å². The smallest absolute Gasteiger partial charge is 0.302 e. The molecule has 1 aromatic carbocycles. The quantitative estimate of drug-likeness (QED) is 0.117. The fourth-order valence-electron chi connectivity index (χ4n) is 16.7. The summed E-state index contributed by atoms with van der Waals surface area (Å²) in [6.07, 6.45) is 22.5. The molecule has 0 radical (unpaired) electrons. The number of piperidine rings is 2. The molecule has 7 heterocycles. The van der Waals surface area contributed by atoms with Gasteiger partial charge in [0.25, 0.3) is 0 Å². The van der Waals surface area contributed by atoms with Gasteiger partial charge in [-0.05, 0) is 160 Å². The van der Waals surface area contributed by atoms with E-state index in [1.54, 1.807) is 0 Å². The summed E-state index contributed by atoms with van der Waals surface area (Å²) < 4.78 is 11.7. The van der Waals surface area contributed by atoms with Crippen LogP contribution in [0.5, 0.6) is 0 Å². The van der Waals surface area contributed by atoms with Gasteiger partial charge < -0.3 is 19.7 Å².